The first-order valence-corrected chi connectivity index (χ1v) is 6.33. The first-order valence-electron chi connectivity index (χ1n) is 5.45. The van der Waals surface area contributed by atoms with Gasteiger partial charge in [0.2, 0.25) is 5.91 Å². The number of anilines is 1. The summed E-state index contributed by atoms with van der Waals surface area (Å²) in [5.41, 5.74) is 2.12. The maximum atomic E-state index is 11.5. The van der Waals surface area contributed by atoms with Crippen molar-refractivity contribution in [3.8, 4) is 0 Å². The van der Waals surface area contributed by atoms with E-state index in [0.29, 0.717) is 11.2 Å². The minimum atomic E-state index is -0.482. The van der Waals surface area contributed by atoms with Crippen molar-refractivity contribution in [3.63, 3.8) is 0 Å². The van der Waals surface area contributed by atoms with Crippen LogP contribution in [-0.2, 0) is 4.79 Å². The predicted octanol–water partition coefficient (Wildman–Crippen LogP) is 1.70. The zero-order valence-electron chi connectivity index (χ0n) is 10.4. The van der Waals surface area contributed by atoms with E-state index in [1.807, 2.05) is 0 Å². The van der Waals surface area contributed by atoms with Gasteiger partial charge in [0, 0.05) is 14.1 Å². The number of nitrogens with one attached hydrogen (secondary N) is 1. The molecule has 0 aliphatic rings. The van der Waals surface area contributed by atoms with Crippen LogP contribution < -0.4 is 5.32 Å². The summed E-state index contributed by atoms with van der Waals surface area (Å²) in [5, 5.41) is 13.9. The first-order chi connectivity index (χ1) is 9.00. The second-order valence-corrected chi connectivity index (χ2v) is 4.95. The fraction of sp³-hybridized carbons (Fsp3) is 0.273. The number of rotatable bonds is 4. The molecule has 8 heteroatoms. The van der Waals surface area contributed by atoms with Gasteiger partial charge in [-0.2, -0.15) is 0 Å². The molecule has 100 valence electrons. The molecule has 1 amide bonds. The van der Waals surface area contributed by atoms with E-state index in [-0.39, 0.29) is 18.1 Å². The van der Waals surface area contributed by atoms with Crippen molar-refractivity contribution < 1.29 is 9.72 Å². The van der Waals surface area contributed by atoms with Crippen LogP contribution in [0.15, 0.2) is 17.6 Å². The SMILES string of the molecule is CN(C)C(=O)CNc1ccc2scnc2c1[N+](=O)[O-]. The van der Waals surface area contributed by atoms with Crippen LogP contribution >= 0.6 is 11.3 Å². The molecule has 1 N–H and O–H groups in total. The number of nitro benzene ring substituents is 1. The third-order valence-electron chi connectivity index (χ3n) is 2.59. The van der Waals surface area contributed by atoms with Gasteiger partial charge in [0.1, 0.15) is 5.69 Å². The molecule has 0 unspecified atom stereocenters. The molecule has 1 aromatic carbocycles. The van der Waals surface area contributed by atoms with Gasteiger partial charge < -0.3 is 10.2 Å². The van der Waals surface area contributed by atoms with E-state index >= 15 is 0 Å². The number of carbonyl (C=O) groups excluding carboxylic acids is 1. The molecule has 2 aromatic rings. The number of thiazole rings is 1. The molecular formula is C11H12N4O3S. The number of amides is 1. The van der Waals surface area contributed by atoms with E-state index in [1.165, 1.54) is 16.2 Å². The van der Waals surface area contributed by atoms with Gasteiger partial charge in [-0.15, -0.1) is 11.3 Å². The van der Waals surface area contributed by atoms with E-state index in [4.69, 9.17) is 0 Å². The second-order valence-electron chi connectivity index (χ2n) is 4.06. The lowest BCUT2D eigenvalue weighted by molar-refractivity contribution is -0.382. The number of hydrogen-bond donors (Lipinski definition) is 1. The van der Waals surface area contributed by atoms with Crippen LogP contribution in [0.25, 0.3) is 10.2 Å². The van der Waals surface area contributed by atoms with Crippen molar-refractivity contribution >= 4 is 38.8 Å². The van der Waals surface area contributed by atoms with Crippen LogP contribution in [0, 0.1) is 10.1 Å². The van der Waals surface area contributed by atoms with E-state index in [0.717, 1.165) is 4.70 Å². The summed E-state index contributed by atoms with van der Waals surface area (Å²) < 4.78 is 0.746. The van der Waals surface area contributed by atoms with Gasteiger partial charge in [-0.05, 0) is 12.1 Å². The summed E-state index contributed by atoms with van der Waals surface area (Å²) in [6.45, 7) is 0.00346. The molecule has 0 saturated carbocycles. The third kappa shape index (κ3) is 2.63. The zero-order chi connectivity index (χ0) is 14.0. The Hall–Kier alpha value is -2.22. The van der Waals surface area contributed by atoms with E-state index in [2.05, 4.69) is 10.3 Å². The van der Waals surface area contributed by atoms with Gasteiger partial charge in [-0.3, -0.25) is 14.9 Å². The quantitative estimate of drug-likeness (QED) is 0.680. The molecule has 0 fully saturated rings. The van der Waals surface area contributed by atoms with Gasteiger partial charge in [0.15, 0.2) is 5.52 Å². The number of nitro groups is 1. The Balaban J connectivity index is 2.34. The molecule has 0 aliphatic carbocycles. The van der Waals surface area contributed by atoms with E-state index in [1.54, 1.807) is 31.7 Å². The molecule has 1 aromatic heterocycles. The Morgan fingerprint density at radius 2 is 2.26 bits per heavy atom. The van der Waals surface area contributed by atoms with Crippen LogP contribution in [0.5, 0.6) is 0 Å². The minimum absolute atomic E-state index is 0.00346. The average molecular weight is 280 g/mol. The fourth-order valence-corrected chi connectivity index (χ4v) is 2.25. The van der Waals surface area contributed by atoms with Crippen molar-refractivity contribution in [2.45, 2.75) is 0 Å². The number of aromatic nitrogens is 1. The van der Waals surface area contributed by atoms with Crippen molar-refractivity contribution in [1.29, 1.82) is 0 Å². The zero-order valence-corrected chi connectivity index (χ0v) is 11.2. The summed E-state index contributed by atoms with van der Waals surface area (Å²) in [5.74, 6) is -0.160. The van der Waals surface area contributed by atoms with Crippen LogP contribution in [0.3, 0.4) is 0 Å². The van der Waals surface area contributed by atoms with Crippen LogP contribution in [-0.4, -0.2) is 41.4 Å². The number of likely N-dealkylation sites (N-methyl/N-ethyl adjacent to an activating group) is 1. The van der Waals surface area contributed by atoms with E-state index in [9.17, 15) is 14.9 Å². The monoisotopic (exact) mass is 280 g/mol. The standard InChI is InChI=1S/C11H12N4O3S/c1-14(2)9(16)5-12-7-3-4-8-10(13-6-19-8)11(7)15(17)18/h3-4,6,12H,5H2,1-2H3. The smallest absolute Gasteiger partial charge is 0.319 e. The molecule has 0 radical (unpaired) electrons. The van der Waals surface area contributed by atoms with Crippen molar-refractivity contribution in [2.75, 3.05) is 26.0 Å². The molecule has 0 aliphatic heterocycles. The summed E-state index contributed by atoms with van der Waals surface area (Å²) >= 11 is 1.34. The van der Waals surface area contributed by atoms with Gasteiger partial charge >= 0.3 is 5.69 Å². The average Bonchev–Trinajstić information content (AvgIpc) is 2.82. The number of hydrogen-bond acceptors (Lipinski definition) is 6. The number of nitrogens with zero attached hydrogens (tertiary/aromatic N) is 3. The highest BCUT2D eigenvalue weighted by atomic mass is 32.1. The van der Waals surface area contributed by atoms with Gasteiger partial charge in [0.25, 0.3) is 0 Å². The summed E-state index contributed by atoms with van der Waals surface area (Å²) in [6.07, 6.45) is 0. The Morgan fingerprint density at radius 1 is 1.53 bits per heavy atom. The molecular weight excluding hydrogens is 268 g/mol. The Kier molecular flexibility index (Phi) is 3.61. The predicted molar refractivity (Wildman–Crippen MR) is 73.5 cm³/mol. The van der Waals surface area contributed by atoms with Crippen molar-refractivity contribution in [2.24, 2.45) is 0 Å². The number of carbonyl (C=O) groups is 1. The highest BCUT2D eigenvalue weighted by molar-refractivity contribution is 7.16. The topological polar surface area (TPSA) is 88.4 Å². The van der Waals surface area contributed by atoms with Crippen molar-refractivity contribution in [1.82, 2.24) is 9.88 Å². The highest BCUT2D eigenvalue weighted by Crippen LogP contribution is 2.34. The summed E-state index contributed by atoms with van der Waals surface area (Å²) in [7, 11) is 3.25. The summed E-state index contributed by atoms with van der Waals surface area (Å²) in [4.78, 5) is 27.6. The Bertz CT molecular complexity index is 638. The first kappa shape index (κ1) is 13.2. The maximum Gasteiger partial charge on any atom is 0.319 e. The molecule has 0 saturated heterocycles. The Labute approximate surface area is 113 Å². The molecule has 0 spiro atoms. The van der Waals surface area contributed by atoms with E-state index < -0.39 is 4.92 Å². The van der Waals surface area contributed by atoms with Crippen LogP contribution in [0.4, 0.5) is 11.4 Å². The largest absolute Gasteiger partial charge is 0.370 e. The second kappa shape index (κ2) is 5.19. The minimum Gasteiger partial charge on any atom is -0.370 e. The van der Waals surface area contributed by atoms with Gasteiger partial charge in [-0.1, -0.05) is 0 Å². The third-order valence-corrected chi connectivity index (χ3v) is 3.38. The normalized spacial score (nSPS) is 10.4. The lowest BCUT2D eigenvalue weighted by Crippen LogP contribution is -2.28. The molecule has 0 atom stereocenters. The lowest BCUT2D eigenvalue weighted by atomic mass is 10.2. The van der Waals surface area contributed by atoms with Gasteiger partial charge in [0.05, 0.1) is 21.7 Å². The lowest BCUT2D eigenvalue weighted by Gasteiger charge is -2.11. The highest BCUT2D eigenvalue weighted by Gasteiger charge is 2.21. The molecule has 2 rings (SSSR count). The Morgan fingerprint density at radius 3 is 2.89 bits per heavy atom. The fourth-order valence-electron chi connectivity index (χ4n) is 1.57. The van der Waals surface area contributed by atoms with Crippen LogP contribution in [0.1, 0.15) is 0 Å². The summed E-state index contributed by atoms with van der Waals surface area (Å²) in [6, 6.07) is 3.35. The number of benzene rings is 1. The molecule has 0 bridgehead atoms. The molecule has 1 heterocycles. The van der Waals surface area contributed by atoms with Crippen molar-refractivity contribution in [3.05, 3.63) is 27.8 Å². The van der Waals surface area contributed by atoms with Gasteiger partial charge in [-0.25, -0.2) is 4.98 Å². The molecule has 19 heavy (non-hydrogen) atoms. The van der Waals surface area contributed by atoms with Crippen LogP contribution in [0.2, 0.25) is 0 Å². The maximum absolute atomic E-state index is 11.5. The molecule has 7 nitrogen and oxygen atoms in total. The number of fused-ring (bicyclic) bond motifs is 1.